The Kier molecular flexibility index (Phi) is 10.0. The number of likely N-dealkylation sites (tertiary alicyclic amines) is 1. The molecule has 172 valence electrons. The number of nitrogens with zero attached hydrogens (tertiary/aromatic N) is 1. The average molecular weight is 461 g/mol. The van der Waals surface area contributed by atoms with Crippen LogP contribution in [0.15, 0.2) is 49.6 Å². The maximum absolute atomic E-state index is 13.0. The summed E-state index contributed by atoms with van der Waals surface area (Å²) in [6.07, 6.45) is 3.34. The average Bonchev–Trinajstić information content (AvgIpc) is 3.18. The lowest BCUT2D eigenvalue weighted by molar-refractivity contribution is -0.142. The third kappa shape index (κ3) is 7.88. The molecule has 9 heteroatoms. The van der Waals surface area contributed by atoms with Gasteiger partial charge < -0.3 is 14.8 Å². The van der Waals surface area contributed by atoms with Gasteiger partial charge in [-0.05, 0) is 30.5 Å². The van der Waals surface area contributed by atoms with E-state index in [0.29, 0.717) is 18.5 Å². The third-order valence-electron chi connectivity index (χ3n) is 4.63. The SMILES string of the molecule is C=CCOC(=O)CCc1cccc(NC(=O)[C@@H]2C[C@H](SC(C)=O)CN2C(=O)OCC=C)c1. The molecule has 0 aromatic heterocycles. The lowest BCUT2D eigenvalue weighted by Gasteiger charge is -2.23. The van der Waals surface area contributed by atoms with E-state index in [1.807, 2.05) is 6.07 Å². The standard InChI is InChI=1S/C23H28N2O6S/c1-4-11-30-21(27)10-9-17-7-6-8-18(13-17)24-22(28)20-14-19(32-16(3)26)15-25(20)23(29)31-12-5-2/h4-8,13,19-20H,1-2,9-12,14-15H2,3H3,(H,24,28)/t19-,20-/m0/s1. The van der Waals surface area contributed by atoms with E-state index in [2.05, 4.69) is 18.5 Å². The molecule has 1 aromatic carbocycles. The van der Waals surface area contributed by atoms with Crippen molar-refractivity contribution in [3.8, 4) is 0 Å². The summed E-state index contributed by atoms with van der Waals surface area (Å²) in [4.78, 5) is 49.9. The minimum atomic E-state index is -0.762. The number of esters is 1. The van der Waals surface area contributed by atoms with E-state index in [9.17, 15) is 19.2 Å². The number of ether oxygens (including phenoxy) is 2. The Morgan fingerprint density at radius 2 is 1.91 bits per heavy atom. The Morgan fingerprint density at radius 1 is 1.19 bits per heavy atom. The van der Waals surface area contributed by atoms with E-state index >= 15 is 0 Å². The number of carbonyl (C=O) groups is 4. The van der Waals surface area contributed by atoms with Crippen molar-refractivity contribution in [3.05, 3.63) is 55.1 Å². The maximum atomic E-state index is 13.0. The van der Waals surface area contributed by atoms with Crippen molar-refractivity contribution < 1.29 is 28.7 Å². The molecule has 1 aliphatic heterocycles. The van der Waals surface area contributed by atoms with E-state index in [0.717, 1.165) is 17.3 Å². The van der Waals surface area contributed by atoms with E-state index in [1.165, 1.54) is 24.0 Å². The zero-order valence-corrected chi connectivity index (χ0v) is 18.9. The second-order valence-corrected chi connectivity index (χ2v) is 8.64. The number of hydrogen-bond acceptors (Lipinski definition) is 7. The topological polar surface area (TPSA) is 102 Å². The summed E-state index contributed by atoms with van der Waals surface area (Å²) in [5, 5.41) is 2.57. The van der Waals surface area contributed by atoms with E-state index in [1.54, 1.807) is 18.2 Å². The number of nitrogens with one attached hydrogen (secondary N) is 1. The molecule has 2 rings (SSSR count). The van der Waals surface area contributed by atoms with Gasteiger partial charge in [-0.25, -0.2) is 4.79 Å². The molecule has 1 saturated heterocycles. The lowest BCUT2D eigenvalue weighted by Crippen LogP contribution is -2.43. The first-order valence-electron chi connectivity index (χ1n) is 10.2. The third-order valence-corrected chi connectivity index (χ3v) is 5.64. The van der Waals surface area contributed by atoms with Crippen LogP contribution >= 0.6 is 11.8 Å². The fourth-order valence-corrected chi connectivity index (χ4v) is 4.26. The van der Waals surface area contributed by atoms with Crippen LogP contribution < -0.4 is 5.32 Å². The monoisotopic (exact) mass is 460 g/mol. The number of amides is 2. The molecule has 2 atom stereocenters. The van der Waals surface area contributed by atoms with Crippen LogP contribution in [-0.4, -0.2) is 59.0 Å². The molecule has 0 bridgehead atoms. The maximum Gasteiger partial charge on any atom is 0.410 e. The van der Waals surface area contributed by atoms with Gasteiger partial charge in [-0.15, -0.1) is 0 Å². The van der Waals surface area contributed by atoms with Gasteiger partial charge >= 0.3 is 12.1 Å². The number of thioether (sulfide) groups is 1. The molecule has 0 aliphatic carbocycles. The second-order valence-electron chi connectivity index (χ2n) is 7.16. The minimum Gasteiger partial charge on any atom is -0.461 e. The van der Waals surface area contributed by atoms with E-state index in [-0.39, 0.29) is 48.4 Å². The van der Waals surface area contributed by atoms with Crippen LogP contribution in [0, 0.1) is 0 Å². The summed E-state index contributed by atoms with van der Waals surface area (Å²) in [6.45, 7) is 8.92. The molecular formula is C23H28N2O6S. The summed E-state index contributed by atoms with van der Waals surface area (Å²) >= 11 is 1.11. The Balaban J connectivity index is 2.03. The molecule has 0 saturated carbocycles. The van der Waals surface area contributed by atoms with Gasteiger partial charge in [0.2, 0.25) is 5.91 Å². The molecule has 2 amide bonds. The highest BCUT2D eigenvalue weighted by molar-refractivity contribution is 8.14. The molecule has 1 N–H and O–H groups in total. The van der Waals surface area contributed by atoms with E-state index in [4.69, 9.17) is 9.47 Å². The molecule has 32 heavy (non-hydrogen) atoms. The zero-order valence-electron chi connectivity index (χ0n) is 18.1. The largest absolute Gasteiger partial charge is 0.461 e. The van der Waals surface area contributed by atoms with Crippen molar-refractivity contribution in [1.82, 2.24) is 4.90 Å². The van der Waals surface area contributed by atoms with Gasteiger partial charge in [-0.2, -0.15) is 0 Å². The molecule has 1 aromatic rings. The van der Waals surface area contributed by atoms with Crippen LogP contribution in [0.5, 0.6) is 0 Å². The number of hydrogen-bond donors (Lipinski definition) is 1. The fourth-order valence-electron chi connectivity index (χ4n) is 3.28. The van der Waals surface area contributed by atoms with Crippen molar-refractivity contribution in [3.63, 3.8) is 0 Å². The van der Waals surface area contributed by atoms with Crippen LogP contribution in [0.25, 0.3) is 0 Å². The number of anilines is 1. The summed E-state index contributed by atoms with van der Waals surface area (Å²) in [6, 6.07) is 6.37. The molecule has 8 nitrogen and oxygen atoms in total. The molecule has 1 aliphatic rings. The van der Waals surface area contributed by atoms with Gasteiger partial charge in [0.05, 0.1) is 0 Å². The van der Waals surface area contributed by atoms with Gasteiger partial charge in [0.15, 0.2) is 5.12 Å². The van der Waals surface area contributed by atoms with Crippen LogP contribution in [0.4, 0.5) is 10.5 Å². The molecule has 0 spiro atoms. The first-order valence-corrected chi connectivity index (χ1v) is 11.1. The highest BCUT2D eigenvalue weighted by Gasteiger charge is 2.41. The van der Waals surface area contributed by atoms with Crippen molar-refractivity contribution >= 4 is 40.5 Å². The smallest absolute Gasteiger partial charge is 0.410 e. The van der Waals surface area contributed by atoms with Crippen molar-refractivity contribution in [2.75, 3.05) is 25.1 Å². The van der Waals surface area contributed by atoms with Crippen LogP contribution in [-0.2, 0) is 30.3 Å². The highest BCUT2D eigenvalue weighted by atomic mass is 32.2. The van der Waals surface area contributed by atoms with E-state index < -0.39 is 12.1 Å². The Bertz CT molecular complexity index is 872. The second kappa shape index (κ2) is 12.7. The van der Waals surface area contributed by atoms with Crippen LogP contribution in [0.2, 0.25) is 0 Å². The Morgan fingerprint density at radius 3 is 2.59 bits per heavy atom. The van der Waals surface area contributed by atoms with Gasteiger partial charge in [-0.1, -0.05) is 49.2 Å². The number of aryl methyl sites for hydroxylation is 1. The van der Waals surface area contributed by atoms with Crippen LogP contribution in [0.1, 0.15) is 25.3 Å². The summed E-state index contributed by atoms with van der Waals surface area (Å²) < 4.78 is 10.1. The Hall–Kier alpha value is -3.07. The molecular weight excluding hydrogens is 432 g/mol. The molecule has 0 radical (unpaired) electrons. The lowest BCUT2D eigenvalue weighted by atomic mass is 10.1. The molecule has 1 heterocycles. The quantitative estimate of drug-likeness (QED) is 0.422. The fraction of sp³-hybridized carbons (Fsp3) is 0.391. The predicted octanol–water partition coefficient (Wildman–Crippen LogP) is 3.33. The van der Waals surface area contributed by atoms with Crippen molar-refractivity contribution in [2.24, 2.45) is 0 Å². The molecule has 0 unspecified atom stereocenters. The normalized spacial score (nSPS) is 17.3. The van der Waals surface area contributed by atoms with Gasteiger partial charge in [-0.3, -0.25) is 19.3 Å². The summed E-state index contributed by atoms with van der Waals surface area (Å²) in [5.41, 5.74) is 1.41. The minimum absolute atomic E-state index is 0.0332. The summed E-state index contributed by atoms with van der Waals surface area (Å²) in [5.74, 6) is -0.692. The highest BCUT2D eigenvalue weighted by Crippen LogP contribution is 2.29. The first-order chi connectivity index (χ1) is 15.3. The van der Waals surface area contributed by atoms with Gasteiger partial charge in [0, 0.05) is 30.8 Å². The predicted molar refractivity (Wildman–Crippen MR) is 123 cm³/mol. The zero-order chi connectivity index (χ0) is 23.5. The molecule has 1 fully saturated rings. The van der Waals surface area contributed by atoms with Gasteiger partial charge in [0.1, 0.15) is 19.3 Å². The number of carbonyl (C=O) groups excluding carboxylic acids is 4. The van der Waals surface area contributed by atoms with Crippen LogP contribution in [0.3, 0.4) is 0 Å². The Labute approximate surface area is 192 Å². The number of rotatable bonds is 10. The van der Waals surface area contributed by atoms with Crippen molar-refractivity contribution in [1.29, 1.82) is 0 Å². The summed E-state index contributed by atoms with van der Waals surface area (Å²) in [7, 11) is 0. The van der Waals surface area contributed by atoms with Crippen molar-refractivity contribution in [2.45, 2.75) is 37.5 Å². The first kappa shape index (κ1) is 25.2. The van der Waals surface area contributed by atoms with Gasteiger partial charge in [0.25, 0.3) is 0 Å². The number of benzene rings is 1.